The van der Waals surface area contributed by atoms with Crippen LogP contribution < -0.4 is 10.6 Å². The van der Waals surface area contributed by atoms with Crippen molar-refractivity contribution in [1.82, 2.24) is 25.1 Å². The second-order valence-electron chi connectivity index (χ2n) is 4.75. The lowest BCUT2D eigenvalue weighted by atomic mass is 10.0. The van der Waals surface area contributed by atoms with Crippen LogP contribution in [0.2, 0.25) is 0 Å². The monoisotopic (exact) mass is 260 g/mol. The van der Waals surface area contributed by atoms with Crippen molar-refractivity contribution in [2.75, 3.05) is 5.32 Å². The Morgan fingerprint density at radius 1 is 1.58 bits per heavy atom. The van der Waals surface area contributed by atoms with E-state index in [1.165, 1.54) is 0 Å². The number of carbonyl (C=O) groups excluding carboxylic acids is 1. The second-order valence-corrected chi connectivity index (χ2v) is 4.75. The molecule has 0 radical (unpaired) electrons. The molecule has 100 valence electrons. The van der Waals surface area contributed by atoms with Gasteiger partial charge in [-0.2, -0.15) is 5.10 Å². The minimum atomic E-state index is -0.258. The zero-order valence-electron chi connectivity index (χ0n) is 10.9. The van der Waals surface area contributed by atoms with E-state index < -0.39 is 0 Å². The summed E-state index contributed by atoms with van der Waals surface area (Å²) in [7, 11) is 1.81. The van der Waals surface area contributed by atoms with Gasteiger partial charge in [0, 0.05) is 26.1 Å². The third-order valence-electron chi connectivity index (χ3n) is 3.30. The Bertz CT molecular complexity index is 614. The number of nitrogens with one attached hydrogen (secondary N) is 3. The lowest BCUT2D eigenvalue weighted by Gasteiger charge is -2.22. The molecule has 3 N–H and O–H groups in total. The number of amides is 1. The van der Waals surface area contributed by atoms with Crippen molar-refractivity contribution in [2.24, 2.45) is 7.05 Å². The van der Waals surface area contributed by atoms with Gasteiger partial charge in [-0.1, -0.05) is 0 Å². The van der Waals surface area contributed by atoms with Crippen LogP contribution >= 0.6 is 0 Å². The first-order valence-electron chi connectivity index (χ1n) is 6.19. The SMILES string of the molecule is Cc1cc(NC(=O)C2Cc3nc[nH]c3CN2)n(C)n1. The van der Waals surface area contributed by atoms with Crippen molar-refractivity contribution in [3.63, 3.8) is 0 Å². The van der Waals surface area contributed by atoms with Gasteiger partial charge >= 0.3 is 0 Å². The predicted molar refractivity (Wildman–Crippen MR) is 69.5 cm³/mol. The van der Waals surface area contributed by atoms with Crippen LogP contribution in [0.3, 0.4) is 0 Å². The van der Waals surface area contributed by atoms with Gasteiger partial charge in [0.25, 0.3) is 0 Å². The number of imidazole rings is 1. The molecule has 3 heterocycles. The smallest absolute Gasteiger partial charge is 0.243 e. The molecular formula is C12H16N6O. The van der Waals surface area contributed by atoms with Gasteiger partial charge in [-0.25, -0.2) is 4.98 Å². The Labute approximate surface area is 110 Å². The first kappa shape index (κ1) is 11.9. The number of aryl methyl sites for hydroxylation is 2. The summed E-state index contributed by atoms with van der Waals surface area (Å²) >= 11 is 0. The molecule has 1 amide bonds. The topological polar surface area (TPSA) is 87.6 Å². The van der Waals surface area contributed by atoms with Crippen molar-refractivity contribution in [3.8, 4) is 0 Å². The highest BCUT2D eigenvalue weighted by atomic mass is 16.2. The van der Waals surface area contributed by atoms with E-state index in [4.69, 9.17) is 0 Å². The van der Waals surface area contributed by atoms with Crippen molar-refractivity contribution in [1.29, 1.82) is 0 Å². The Kier molecular flexibility index (Phi) is 2.83. The van der Waals surface area contributed by atoms with Gasteiger partial charge in [-0.15, -0.1) is 0 Å². The third-order valence-corrected chi connectivity index (χ3v) is 3.30. The largest absolute Gasteiger partial charge is 0.347 e. The van der Waals surface area contributed by atoms with Crippen molar-refractivity contribution in [2.45, 2.75) is 25.9 Å². The van der Waals surface area contributed by atoms with E-state index >= 15 is 0 Å². The molecule has 3 rings (SSSR count). The van der Waals surface area contributed by atoms with Crippen LogP contribution in [0.15, 0.2) is 12.4 Å². The summed E-state index contributed by atoms with van der Waals surface area (Å²) < 4.78 is 1.66. The van der Waals surface area contributed by atoms with Gasteiger partial charge in [0.2, 0.25) is 5.91 Å². The number of anilines is 1. The zero-order valence-corrected chi connectivity index (χ0v) is 10.9. The number of aromatic amines is 1. The summed E-state index contributed by atoms with van der Waals surface area (Å²) in [6.07, 6.45) is 2.26. The lowest BCUT2D eigenvalue weighted by molar-refractivity contribution is -0.118. The number of hydrogen-bond acceptors (Lipinski definition) is 4. The number of aromatic nitrogens is 4. The molecule has 2 aromatic heterocycles. The van der Waals surface area contributed by atoms with Gasteiger partial charge in [-0.3, -0.25) is 14.8 Å². The summed E-state index contributed by atoms with van der Waals surface area (Å²) in [5.41, 5.74) is 2.89. The number of rotatable bonds is 2. The van der Waals surface area contributed by atoms with E-state index in [0.29, 0.717) is 18.8 Å². The first-order chi connectivity index (χ1) is 9.13. The predicted octanol–water partition coefficient (Wildman–Crippen LogP) is 0.105. The van der Waals surface area contributed by atoms with E-state index in [9.17, 15) is 4.79 Å². The maximum absolute atomic E-state index is 12.2. The number of nitrogens with zero attached hydrogens (tertiary/aromatic N) is 3. The molecule has 0 saturated heterocycles. The van der Waals surface area contributed by atoms with Gasteiger partial charge < -0.3 is 10.3 Å². The van der Waals surface area contributed by atoms with Crippen LogP contribution in [0, 0.1) is 6.92 Å². The van der Waals surface area contributed by atoms with Gasteiger partial charge in [0.1, 0.15) is 5.82 Å². The number of carbonyl (C=O) groups is 1. The number of hydrogen-bond donors (Lipinski definition) is 3. The molecule has 19 heavy (non-hydrogen) atoms. The fraction of sp³-hybridized carbons (Fsp3) is 0.417. The Balaban J connectivity index is 1.70. The molecular weight excluding hydrogens is 244 g/mol. The van der Waals surface area contributed by atoms with E-state index in [1.807, 2.05) is 20.0 Å². The van der Waals surface area contributed by atoms with Gasteiger partial charge in [0.05, 0.1) is 29.5 Å². The summed E-state index contributed by atoms with van der Waals surface area (Å²) in [5, 5.41) is 10.3. The zero-order chi connectivity index (χ0) is 13.4. The minimum Gasteiger partial charge on any atom is -0.347 e. The van der Waals surface area contributed by atoms with Gasteiger partial charge in [-0.05, 0) is 6.92 Å². The van der Waals surface area contributed by atoms with Crippen molar-refractivity contribution >= 4 is 11.7 Å². The highest BCUT2D eigenvalue weighted by molar-refractivity contribution is 5.94. The van der Waals surface area contributed by atoms with Crippen molar-refractivity contribution < 1.29 is 4.79 Å². The normalized spacial score (nSPS) is 18.1. The third kappa shape index (κ3) is 2.24. The molecule has 7 nitrogen and oxygen atoms in total. The molecule has 0 aliphatic carbocycles. The molecule has 1 aliphatic heterocycles. The molecule has 7 heteroatoms. The summed E-state index contributed by atoms with van der Waals surface area (Å²) in [6.45, 7) is 2.53. The molecule has 1 atom stereocenters. The molecule has 2 aromatic rings. The quantitative estimate of drug-likeness (QED) is 0.715. The summed E-state index contributed by atoms with van der Waals surface area (Å²) in [6, 6.07) is 1.59. The molecule has 0 fully saturated rings. The van der Waals surface area contributed by atoms with E-state index in [0.717, 1.165) is 17.1 Å². The highest BCUT2D eigenvalue weighted by Gasteiger charge is 2.26. The van der Waals surface area contributed by atoms with Gasteiger partial charge in [0.15, 0.2) is 0 Å². The molecule has 1 aliphatic rings. The van der Waals surface area contributed by atoms with E-state index in [2.05, 4.69) is 25.7 Å². The summed E-state index contributed by atoms with van der Waals surface area (Å²) in [4.78, 5) is 19.5. The standard InChI is InChI=1S/C12H16N6O/c1-7-3-11(18(2)17-7)16-12(19)9-4-8-10(5-13-9)15-6-14-8/h3,6,9,13H,4-5H2,1-2H3,(H,14,15)(H,16,19). The van der Waals surface area contributed by atoms with Crippen LogP contribution in [-0.4, -0.2) is 31.7 Å². The number of H-pyrrole nitrogens is 1. The maximum Gasteiger partial charge on any atom is 0.243 e. The van der Waals surface area contributed by atoms with E-state index in [-0.39, 0.29) is 11.9 Å². The molecule has 0 saturated carbocycles. The maximum atomic E-state index is 12.2. The Morgan fingerprint density at radius 2 is 2.42 bits per heavy atom. The molecule has 1 unspecified atom stereocenters. The van der Waals surface area contributed by atoms with Crippen LogP contribution in [0.5, 0.6) is 0 Å². The highest BCUT2D eigenvalue weighted by Crippen LogP contribution is 2.14. The lowest BCUT2D eigenvalue weighted by Crippen LogP contribution is -2.45. The first-order valence-corrected chi connectivity index (χ1v) is 6.19. The Morgan fingerprint density at radius 3 is 3.16 bits per heavy atom. The Hall–Kier alpha value is -2.15. The fourth-order valence-electron chi connectivity index (χ4n) is 2.30. The van der Waals surface area contributed by atoms with Crippen LogP contribution in [0.25, 0.3) is 0 Å². The van der Waals surface area contributed by atoms with E-state index in [1.54, 1.807) is 11.0 Å². The average molecular weight is 260 g/mol. The molecule has 0 bridgehead atoms. The number of fused-ring (bicyclic) bond motifs is 1. The van der Waals surface area contributed by atoms with Crippen LogP contribution in [0.4, 0.5) is 5.82 Å². The molecule has 0 spiro atoms. The summed E-state index contributed by atoms with van der Waals surface area (Å²) in [5.74, 6) is 0.647. The minimum absolute atomic E-state index is 0.0587. The van der Waals surface area contributed by atoms with Crippen LogP contribution in [0.1, 0.15) is 17.1 Å². The average Bonchev–Trinajstić information content (AvgIpc) is 2.95. The molecule has 0 aromatic carbocycles. The van der Waals surface area contributed by atoms with Crippen molar-refractivity contribution in [3.05, 3.63) is 29.5 Å². The fourth-order valence-corrected chi connectivity index (χ4v) is 2.30. The second kappa shape index (κ2) is 4.51. The van der Waals surface area contributed by atoms with Crippen LogP contribution in [-0.2, 0) is 24.8 Å².